The van der Waals surface area contributed by atoms with Gasteiger partial charge < -0.3 is 14.8 Å². The lowest BCUT2D eigenvalue weighted by Gasteiger charge is -2.29. The second kappa shape index (κ2) is 10.8. The molecule has 0 fully saturated rings. The molecule has 2 N–H and O–H groups in total. The minimum Gasteiger partial charge on any atom is -0.497 e. The van der Waals surface area contributed by atoms with Gasteiger partial charge in [-0.2, -0.15) is 18.4 Å². The first-order chi connectivity index (χ1) is 17.3. The van der Waals surface area contributed by atoms with Crippen molar-refractivity contribution in [3.8, 4) is 11.5 Å². The Balaban J connectivity index is 1.61. The van der Waals surface area contributed by atoms with Crippen LogP contribution in [0.4, 0.5) is 13.2 Å². The van der Waals surface area contributed by atoms with Gasteiger partial charge in [-0.15, -0.1) is 10.2 Å². The molecule has 3 aromatic rings. The van der Waals surface area contributed by atoms with Crippen molar-refractivity contribution in [1.29, 1.82) is 0 Å². The van der Waals surface area contributed by atoms with Gasteiger partial charge in [0, 0.05) is 6.42 Å². The number of carbonyl (C=O) groups is 1. The van der Waals surface area contributed by atoms with Gasteiger partial charge in [-0.1, -0.05) is 25.1 Å². The van der Waals surface area contributed by atoms with Crippen LogP contribution in [0, 0.1) is 0 Å². The van der Waals surface area contributed by atoms with Crippen molar-refractivity contribution >= 4 is 17.1 Å². The largest absolute Gasteiger partial charge is 0.497 e. The molecule has 8 nitrogen and oxygen atoms in total. The molecule has 1 amide bonds. The fraction of sp³-hybridized carbons (Fsp3) is 0.360. The molecule has 0 spiro atoms. The lowest BCUT2D eigenvalue weighted by atomic mass is 9.85. The summed E-state index contributed by atoms with van der Waals surface area (Å²) in [6.45, 7) is 1.95. The summed E-state index contributed by atoms with van der Waals surface area (Å²) in [6.07, 6.45) is -4.07. The first kappa shape index (κ1) is 25.2. The highest BCUT2D eigenvalue weighted by atomic mass is 19.4. The van der Waals surface area contributed by atoms with E-state index in [0.717, 1.165) is 22.3 Å². The number of amides is 1. The van der Waals surface area contributed by atoms with Crippen LogP contribution in [0.5, 0.6) is 11.5 Å². The van der Waals surface area contributed by atoms with E-state index in [0.29, 0.717) is 29.9 Å². The van der Waals surface area contributed by atoms with E-state index in [1.807, 2.05) is 43.3 Å². The van der Waals surface area contributed by atoms with E-state index < -0.39 is 12.6 Å². The number of halogens is 3. The zero-order chi connectivity index (χ0) is 25.7. The first-order valence-corrected chi connectivity index (χ1v) is 11.5. The Morgan fingerprint density at radius 2 is 1.86 bits per heavy atom. The lowest BCUT2D eigenvalue weighted by Crippen LogP contribution is -2.34. The van der Waals surface area contributed by atoms with Crippen molar-refractivity contribution in [3.63, 3.8) is 0 Å². The van der Waals surface area contributed by atoms with Crippen LogP contribution in [-0.4, -0.2) is 46.4 Å². The third kappa shape index (κ3) is 5.84. The van der Waals surface area contributed by atoms with Crippen molar-refractivity contribution in [2.45, 2.75) is 44.8 Å². The number of nitrogens with zero attached hydrogens (tertiary/aromatic N) is 3. The second-order valence-electron chi connectivity index (χ2n) is 8.33. The summed E-state index contributed by atoms with van der Waals surface area (Å²) in [4.78, 5) is 13.3. The van der Waals surface area contributed by atoms with Gasteiger partial charge in [-0.05, 0) is 71.0 Å². The number of H-pyrrole nitrogens is 1. The molecule has 1 aliphatic rings. The molecule has 1 aromatic heterocycles. The predicted molar refractivity (Wildman–Crippen MR) is 126 cm³/mol. The fourth-order valence-corrected chi connectivity index (χ4v) is 4.25. The Hall–Kier alpha value is -3.89. The molecule has 0 saturated carbocycles. The molecule has 4 rings (SSSR count). The molecule has 1 aliphatic heterocycles. The normalized spacial score (nSPS) is 16.1. The second-order valence-corrected chi connectivity index (χ2v) is 8.33. The summed E-state index contributed by atoms with van der Waals surface area (Å²) in [5.74, 6) is 1.07. The van der Waals surface area contributed by atoms with Crippen LogP contribution < -0.4 is 14.8 Å². The highest BCUT2D eigenvalue weighted by Gasteiger charge is 2.32. The molecule has 0 aliphatic carbocycles. The quantitative estimate of drug-likeness (QED) is 0.414. The molecule has 36 heavy (non-hydrogen) atoms. The number of rotatable bonds is 9. The van der Waals surface area contributed by atoms with E-state index in [1.54, 1.807) is 13.2 Å². The van der Waals surface area contributed by atoms with Crippen LogP contribution in [0.25, 0.3) is 11.1 Å². The maximum Gasteiger partial charge on any atom is 0.389 e. The molecule has 2 heterocycles. The average molecular weight is 502 g/mol. The van der Waals surface area contributed by atoms with E-state index >= 15 is 0 Å². The van der Waals surface area contributed by atoms with Gasteiger partial charge in [-0.3, -0.25) is 4.79 Å². The van der Waals surface area contributed by atoms with E-state index in [2.05, 4.69) is 25.9 Å². The van der Waals surface area contributed by atoms with Gasteiger partial charge in [-0.25, -0.2) is 0 Å². The summed E-state index contributed by atoms with van der Waals surface area (Å²) in [7, 11) is 1.58. The molecule has 1 atom stereocenters. The highest BCUT2D eigenvalue weighted by Crippen LogP contribution is 2.39. The number of hydrogen-bond donors (Lipinski definition) is 2. The fourth-order valence-electron chi connectivity index (χ4n) is 4.25. The van der Waals surface area contributed by atoms with Crippen molar-refractivity contribution < 1.29 is 27.4 Å². The third-order valence-electron chi connectivity index (χ3n) is 5.99. The molecular weight excluding hydrogens is 475 g/mol. The van der Waals surface area contributed by atoms with Gasteiger partial charge >= 0.3 is 6.18 Å². The number of benzene rings is 2. The number of aromatic amines is 1. The van der Waals surface area contributed by atoms with Crippen LogP contribution in [0.15, 0.2) is 42.5 Å². The summed E-state index contributed by atoms with van der Waals surface area (Å²) < 4.78 is 48.0. The third-order valence-corrected chi connectivity index (χ3v) is 5.99. The summed E-state index contributed by atoms with van der Waals surface area (Å²) >= 11 is 0. The van der Waals surface area contributed by atoms with Crippen molar-refractivity contribution in [3.05, 3.63) is 65.0 Å². The Bertz CT molecular complexity index is 1220. The molecule has 0 saturated heterocycles. The minimum atomic E-state index is -4.20. The van der Waals surface area contributed by atoms with E-state index in [-0.39, 0.29) is 30.8 Å². The molecule has 190 valence electrons. The van der Waals surface area contributed by atoms with Crippen LogP contribution >= 0.6 is 0 Å². The summed E-state index contributed by atoms with van der Waals surface area (Å²) in [6, 6.07) is 12.5. The maximum absolute atomic E-state index is 13.3. The predicted octanol–water partition coefficient (Wildman–Crippen LogP) is 4.66. The number of aromatic nitrogens is 4. The molecule has 0 bridgehead atoms. The Morgan fingerprint density at radius 1 is 1.11 bits per heavy atom. The molecule has 11 heteroatoms. The van der Waals surface area contributed by atoms with Gasteiger partial charge in [0.25, 0.3) is 5.91 Å². The van der Waals surface area contributed by atoms with Crippen LogP contribution in [0.2, 0.25) is 0 Å². The maximum atomic E-state index is 13.3. The summed E-state index contributed by atoms with van der Waals surface area (Å²) in [5.41, 5.74) is 3.78. The van der Waals surface area contributed by atoms with Crippen LogP contribution in [-0.2, 0) is 11.2 Å². The van der Waals surface area contributed by atoms with Gasteiger partial charge in [0.1, 0.15) is 11.5 Å². The van der Waals surface area contributed by atoms with Crippen molar-refractivity contribution in [2.75, 3.05) is 13.7 Å². The number of ether oxygens (including phenoxy) is 2. The van der Waals surface area contributed by atoms with Crippen LogP contribution in [0.1, 0.15) is 54.7 Å². The topological polar surface area (TPSA) is 102 Å². The smallest absolute Gasteiger partial charge is 0.389 e. The van der Waals surface area contributed by atoms with E-state index in [9.17, 15) is 18.0 Å². The number of hydrogen-bond acceptors (Lipinski definition) is 6. The number of carbonyl (C=O) groups excluding carboxylic acids is 1. The first-order valence-electron chi connectivity index (χ1n) is 11.5. The number of tetrazole rings is 1. The molecular formula is C25H26F3N5O3. The summed E-state index contributed by atoms with van der Waals surface area (Å²) in [5, 5.41) is 17.1. The van der Waals surface area contributed by atoms with E-state index in [4.69, 9.17) is 9.47 Å². The Kier molecular flexibility index (Phi) is 7.56. The number of aryl methyl sites for hydroxylation is 1. The zero-order valence-electron chi connectivity index (χ0n) is 19.9. The molecule has 2 aromatic carbocycles. The van der Waals surface area contributed by atoms with Crippen LogP contribution in [0.3, 0.4) is 0 Å². The lowest BCUT2D eigenvalue weighted by molar-refractivity contribution is -0.136. The molecule has 0 unspecified atom stereocenters. The number of methoxy groups -OCH3 is 1. The highest BCUT2D eigenvalue weighted by molar-refractivity contribution is 6.27. The Morgan fingerprint density at radius 3 is 2.50 bits per heavy atom. The number of alkyl halides is 3. The number of nitrogens with one attached hydrogen (secondary N) is 2. The monoisotopic (exact) mass is 501 g/mol. The van der Waals surface area contributed by atoms with E-state index in [1.165, 1.54) is 0 Å². The van der Waals surface area contributed by atoms with Gasteiger partial charge in [0.15, 0.2) is 0 Å². The zero-order valence-corrected chi connectivity index (χ0v) is 19.9. The van der Waals surface area contributed by atoms with Crippen molar-refractivity contribution in [1.82, 2.24) is 25.9 Å². The Labute approximate surface area is 205 Å². The molecule has 0 radical (unpaired) electrons. The standard InChI is InChI=1S/C25H26F3N5O3/c1-3-15-13-18(36-12-4-11-25(26,27)28)9-10-19(15)21-14-20(16-5-7-17(35-2)8-6-16)22(24(34)29-21)23-30-32-33-31-23/h5-10,13,21H,3-4,11-12,14H2,1-2H3,(H,29,34)(H,30,31,32,33)/t21-/m1/s1. The van der Waals surface area contributed by atoms with Crippen molar-refractivity contribution in [2.24, 2.45) is 0 Å². The van der Waals surface area contributed by atoms with Gasteiger partial charge in [0.05, 0.1) is 25.3 Å². The van der Waals surface area contributed by atoms with Gasteiger partial charge in [0.2, 0.25) is 5.82 Å². The average Bonchev–Trinajstić information content (AvgIpc) is 3.40. The SMILES string of the molecule is CCc1cc(OCCCC(F)(F)F)ccc1[C@H]1CC(c2ccc(OC)cc2)=C(c2nn[nH]n2)C(=O)N1. The minimum absolute atomic E-state index is 0.0272.